The van der Waals surface area contributed by atoms with Crippen LogP contribution in [0, 0.1) is 0 Å². The maximum Gasteiger partial charge on any atom is 0.418 e. The third kappa shape index (κ3) is 4.21. The fraction of sp³-hybridized carbons (Fsp3) is 0.312. The lowest BCUT2D eigenvalue weighted by atomic mass is 10.1. The average Bonchev–Trinajstić information content (AvgIpc) is 3.03. The van der Waals surface area contributed by atoms with Crippen LogP contribution < -0.4 is 10.9 Å². The largest absolute Gasteiger partial charge is 0.418 e. The Balaban J connectivity index is 1.69. The number of hydrogen-bond acceptors (Lipinski definition) is 4. The molecule has 1 aliphatic carbocycles. The van der Waals surface area contributed by atoms with Gasteiger partial charge in [-0.25, -0.2) is 4.98 Å². The van der Waals surface area contributed by atoms with E-state index < -0.39 is 17.6 Å². The number of H-pyrrole nitrogens is 1. The minimum Gasteiger partial charge on any atom is -0.325 e. The molecule has 0 aliphatic heterocycles. The van der Waals surface area contributed by atoms with Gasteiger partial charge in [0.05, 0.1) is 22.7 Å². The first-order valence-corrected chi connectivity index (χ1v) is 9.02. The van der Waals surface area contributed by atoms with Gasteiger partial charge in [0, 0.05) is 10.6 Å². The van der Waals surface area contributed by atoms with Crippen molar-refractivity contribution >= 4 is 35.0 Å². The van der Waals surface area contributed by atoms with Crippen LogP contribution >= 0.6 is 23.4 Å². The molecule has 0 bridgehead atoms. The number of fused-ring (bicyclic) bond motifs is 1. The van der Waals surface area contributed by atoms with Crippen molar-refractivity contribution in [2.75, 3.05) is 11.1 Å². The van der Waals surface area contributed by atoms with Crippen molar-refractivity contribution in [2.45, 2.75) is 30.6 Å². The Morgan fingerprint density at radius 1 is 1.35 bits per heavy atom. The van der Waals surface area contributed by atoms with E-state index in [1.54, 1.807) is 0 Å². The molecule has 1 amide bonds. The Morgan fingerprint density at radius 3 is 2.85 bits per heavy atom. The van der Waals surface area contributed by atoms with Gasteiger partial charge in [-0.05, 0) is 37.5 Å². The second kappa shape index (κ2) is 7.32. The van der Waals surface area contributed by atoms with E-state index in [-0.39, 0.29) is 27.2 Å². The van der Waals surface area contributed by atoms with Crippen LogP contribution in [0.3, 0.4) is 0 Å². The summed E-state index contributed by atoms with van der Waals surface area (Å²) in [7, 11) is 0. The van der Waals surface area contributed by atoms with Crippen LogP contribution in [-0.4, -0.2) is 21.6 Å². The third-order valence-corrected chi connectivity index (χ3v) is 4.93. The molecule has 0 spiro atoms. The van der Waals surface area contributed by atoms with Crippen molar-refractivity contribution in [3.8, 4) is 0 Å². The molecule has 1 heterocycles. The molecule has 0 atom stereocenters. The van der Waals surface area contributed by atoms with Crippen molar-refractivity contribution in [1.82, 2.24) is 9.97 Å². The minimum absolute atomic E-state index is 0.0791. The standard InChI is InChI=1S/C16H13ClF3N3O2S/c17-8-4-5-12(10(6-8)16(18,19)20)21-13(24)7-26-15-22-11-3-1-2-9(11)14(25)23-15/h4-6H,1-3,7H2,(H,21,24)(H,22,23,25). The van der Waals surface area contributed by atoms with E-state index in [0.717, 1.165) is 30.3 Å². The quantitative estimate of drug-likeness (QED) is 0.603. The molecular weight excluding hydrogens is 391 g/mol. The lowest BCUT2D eigenvalue weighted by Crippen LogP contribution is -2.19. The molecule has 0 saturated carbocycles. The number of hydrogen-bond donors (Lipinski definition) is 2. The van der Waals surface area contributed by atoms with E-state index in [1.807, 2.05) is 0 Å². The molecular formula is C16H13ClF3N3O2S. The zero-order valence-corrected chi connectivity index (χ0v) is 14.8. The van der Waals surface area contributed by atoms with Crippen molar-refractivity contribution in [2.24, 2.45) is 0 Å². The zero-order valence-electron chi connectivity index (χ0n) is 13.2. The van der Waals surface area contributed by atoms with E-state index in [1.165, 1.54) is 6.07 Å². The van der Waals surface area contributed by atoms with Gasteiger partial charge in [-0.3, -0.25) is 9.59 Å². The molecule has 10 heteroatoms. The summed E-state index contributed by atoms with van der Waals surface area (Å²) in [6, 6.07) is 3.12. The summed E-state index contributed by atoms with van der Waals surface area (Å²) in [6.07, 6.45) is -2.40. The highest BCUT2D eigenvalue weighted by molar-refractivity contribution is 7.99. The van der Waals surface area contributed by atoms with Gasteiger partial charge in [0.25, 0.3) is 5.56 Å². The predicted molar refractivity (Wildman–Crippen MR) is 92.7 cm³/mol. The van der Waals surface area contributed by atoms with Gasteiger partial charge >= 0.3 is 6.18 Å². The minimum atomic E-state index is -4.65. The number of aryl methyl sites for hydroxylation is 1. The monoisotopic (exact) mass is 403 g/mol. The topological polar surface area (TPSA) is 74.8 Å². The number of nitrogens with zero attached hydrogens (tertiary/aromatic N) is 1. The number of nitrogens with one attached hydrogen (secondary N) is 2. The van der Waals surface area contributed by atoms with E-state index >= 15 is 0 Å². The van der Waals surface area contributed by atoms with Crippen molar-refractivity contribution < 1.29 is 18.0 Å². The molecule has 0 saturated heterocycles. The molecule has 1 aromatic heterocycles. The summed E-state index contributed by atoms with van der Waals surface area (Å²) in [5.74, 6) is -0.840. The van der Waals surface area contributed by atoms with Gasteiger partial charge in [-0.2, -0.15) is 13.2 Å². The van der Waals surface area contributed by atoms with Crippen LogP contribution in [-0.2, 0) is 23.8 Å². The van der Waals surface area contributed by atoms with Crippen molar-refractivity contribution in [3.63, 3.8) is 0 Å². The molecule has 26 heavy (non-hydrogen) atoms. The Bertz CT molecular complexity index is 915. The molecule has 1 aromatic carbocycles. The first-order chi connectivity index (χ1) is 12.2. The van der Waals surface area contributed by atoms with Crippen LogP contribution in [0.15, 0.2) is 28.2 Å². The molecule has 2 aromatic rings. The Kier molecular flexibility index (Phi) is 5.29. The lowest BCUT2D eigenvalue weighted by Gasteiger charge is -2.14. The second-order valence-corrected chi connectivity index (χ2v) is 7.07. The molecule has 0 unspecified atom stereocenters. The summed E-state index contributed by atoms with van der Waals surface area (Å²) in [5, 5.41) is 2.42. The summed E-state index contributed by atoms with van der Waals surface area (Å²) in [4.78, 5) is 30.8. The SMILES string of the molecule is O=C(CSc1nc2c(c(=O)[nH]1)CCC2)Nc1ccc(Cl)cc1C(F)(F)F. The van der Waals surface area contributed by atoms with Gasteiger partial charge in [0.2, 0.25) is 5.91 Å². The first kappa shape index (κ1) is 18.8. The number of rotatable bonds is 4. The van der Waals surface area contributed by atoms with Crippen LogP contribution in [0.2, 0.25) is 5.02 Å². The van der Waals surface area contributed by atoms with E-state index in [0.29, 0.717) is 24.1 Å². The maximum atomic E-state index is 13.0. The Morgan fingerprint density at radius 2 is 2.12 bits per heavy atom. The average molecular weight is 404 g/mol. The second-order valence-electron chi connectivity index (χ2n) is 5.67. The molecule has 5 nitrogen and oxygen atoms in total. The maximum absolute atomic E-state index is 13.0. The Hall–Kier alpha value is -2.00. The number of thioether (sulfide) groups is 1. The summed E-state index contributed by atoms with van der Waals surface area (Å²) < 4.78 is 39.1. The summed E-state index contributed by atoms with van der Waals surface area (Å²) in [5.41, 5.74) is -0.244. The number of amides is 1. The fourth-order valence-electron chi connectivity index (χ4n) is 2.67. The van der Waals surface area contributed by atoms with Gasteiger partial charge in [0.1, 0.15) is 0 Å². The van der Waals surface area contributed by atoms with Gasteiger partial charge < -0.3 is 10.3 Å². The number of alkyl halides is 3. The molecule has 3 rings (SSSR count). The normalized spacial score (nSPS) is 13.5. The number of halogens is 4. The van der Waals surface area contributed by atoms with Gasteiger partial charge in [0.15, 0.2) is 5.16 Å². The highest BCUT2D eigenvalue weighted by Crippen LogP contribution is 2.36. The zero-order chi connectivity index (χ0) is 18.9. The number of aromatic nitrogens is 2. The number of anilines is 1. The van der Waals surface area contributed by atoms with Gasteiger partial charge in [-0.15, -0.1) is 0 Å². The molecule has 0 fully saturated rings. The molecule has 2 N–H and O–H groups in total. The number of carbonyl (C=O) groups is 1. The fourth-order valence-corrected chi connectivity index (χ4v) is 3.52. The van der Waals surface area contributed by atoms with E-state index in [2.05, 4.69) is 15.3 Å². The highest BCUT2D eigenvalue weighted by atomic mass is 35.5. The van der Waals surface area contributed by atoms with Gasteiger partial charge in [-0.1, -0.05) is 23.4 Å². The number of aromatic amines is 1. The van der Waals surface area contributed by atoms with Crippen molar-refractivity contribution in [1.29, 1.82) is 0 Å². The van der Waals surface area contributed by atoms with Crippen LogP contribution in [0.4, 0.5) is 18.9 Å². The van der Waals surface area contributed by atoms with E-state index in [4.69, 9.17) is 11.6 Å². The van der Waals surface area contributed by atoms with Crippen LogP contribution in [0.5, 0.6) is 0 Å². The third-order valence-electron chi connectivity index (χ3n) is 3.82. The number of carbonyl (C=O) groups excluding carboxylic acids is 1. The van der Waals surface area contributed by atoms with Crippen molar-refractivity contribution in [3.05, 3.63) is 50.4 Å². The summed E-state index contributed by atoms with van der Waals surface area (Å²) in [6.45, 7) is 0. The van der Waals surface area contributed by atoms with Crippen LogP contribution in [0.25, 0.3) is 0 Å². The molecule has 0 radical (unpaired) electrons. The smallest absolute Gasteiger partial charge is 0.325 e. The van der Waals surface area contributed by atoms with Crippen LogP contribution in [0.1, 0.15) is 23.2 Å². The first-order valence-electron chi connectivity index (χ1n) is 7.65. The lowest BCUT2D eigenvalue weighted by molar-refractivity contribution is -0.137. The molecule has 138 valence electrons. The van der Waals surface area contributed by atoms with E-state index in [9.17, 15) is 22.8 Å². The molecule has 1 aliphatic rings. The Labute approximate surface area is 155 Å². The number of benzene rings is 1. The highest BCUT2D eigenvalue weighted by Gasteiger charge is 2.34. The summed E-state index contributed by atoms with van der Waals surface area (Å²) >= 11 is 6.56. The predicted octanol–water partition coefficient (Wildman–Crippen LogP) is 3.66.